The van der Waals surface area contributed by atoms with E-state index in [1.807, 2.05) is 66.7 Å². The van der Waals surface area contributed by atoms with Crippen molar-refractivity contribution in [1.29, 1.82) is 0 Å². The first-order valence-corrected chi connectivity index (χ1v) is 14.2. The molecule has 0 bridgehead atoms. The summed E-state index contributed by atoms with van der Waals surface area (Å²) in [6.45, 7) is 6.78. The fraction of sp³-hybridized carbons (Fsp3) is 0.250. The topological polar surface area (TPSA) is 66.0 Å². The summed E-state index contributed by atoms with van der Waals surface area (Å²) in [7, 11) is 3.21. The molecule has 2 atom stereocenters. The largest absolute Gasteiger partial charge is 0.497 e. The zero-order valence-corrected chi connectivity index (χ0v) is 24.3. The summed E-state index contributed by atoms with van der Waals surface area (Å²) in [5.41, 5.74) is 6.33. The summed E-state index contributed by atoms with van der Waals surface area (Å²) < 4.78 is 23.0. The molecule has 6 nitrogen and oxygen atoms in total. The van der Waals surface area contributed by atoms with Gasteiger partial charge in [-0.25, -0.2) is 4.79 Å². The average Bonchev–Trinajstić information content (AvgIpc) is 3.36. The Hall–Kier alpha value is -4.71. The van der Waals surface area contributed by atoms with Gasteiger partial charge in [-0.1, -0.05) is 73.7 Å². The number of nitrogens with one attached hydrogen (secondary N) is 1. The van der Waals surface area contributed by atoms with Gasteiger partial charge in [-0.3, -0.25) is 0 Å². The first-order chi connectivity index (χ1) is 20.6. The summed E-state index contributed by atoms with van der Waals surface area (Å²) in [6.07, 6.45) is 2.36. The van der Waals surface area contributed by atoms with Crippen LogP contribution in [0.3, 0.4) is 0 Å². The molecule has 1 amide bonds. The van der Waals surface area contributed by atoms with Crippen molar-refractivity contribution in [2.75, 3.05) is 27.4 Å². The van der Waals surface area contributed by atoms with Crippen molar-refractivity contribution in [3.8, 4) is 28.4 Å². The minimum absolute atomic E-state index is 0.0314. The van der Waals surface area contributed by atoms with Gasteiger partial charge in [0.05, 0.1) is 26.9 Å². The van der Waals surface area contributed by atoms with Crippen molar-refractivity contribution in [3.05, 3.63) is 126 Å². The number of alkyl carbamates (subject to hydrolysis) is 1. The molecular formula is C36H37NO5. The second-order valence-electron chi connectivity index (χ2n) is 10.3. The van der Waals surface area contributed by atoms with Crippen molar-refractivity contribution in [1.82, 2.24) is 5.32 Å². The van der Waals surface area contributed by atoms with Gasteiger partial charge in [0.15, 0.2) is 0 Å². The highest BCUT2D eigenvalue weighted by Gasteiger charge is 2.30. The van der Waals surface area contributed by atoms with Gasteiger partial charge in [-0.05, 0) is 58.5 Å². The molecule has 1 aliphatic rings. The van der Waals surface area contributed by atoms with E-state index < -0.39 is 12.1 Å². The van der Waals surface area contributed by atoms with Crippen LogP contribution in [0.25, 0.3) is 11.1 Å². The fourth-order valence-electron chi connectivity index (χ4n) is 5.47. The van der Waals surface area contributed by atoms with E-state index >= 15 is 0 Å². The maximum atomic E-state index is 13.4. The molecule has 216 valence electrons. The molecule has 1 aliphatic carbocycles. The van der Waals surface area contributed by atoms with Crippen molar-refractivity contribution < 1.29 is 23.7 Å². The summed E-state index contributed by atoms with van der Waals surface area (Å²) in [4.78, 5) is 13.4. The quantitative estimate of drug-likeness (QED) is 0.177. The lowest BCUT2D eigenvalue weighted by molar-refractivity contribution is 0.140. The molecule has 4 aromatic rings. The van der Waals surface area contributed by atoms with Gasteiger partial charge in [0.25, 0.3) is 0 Å². The Morgan fingerprint density at radius 3 is 2.12 bits per heavy atom. The Balaban J connectivity index is 1.37. The van der Waals surface area contributed by atoms with Crippen molar-refractivity contribution >= 4 is 6.09 Å². The maximum absolute atomic E-state index is 13.4. The number of carbonyl (C=O) groups excluding carboxylic acids is 1. The number of benzene rings is 4. The number of amides is 1. The summed E-state index contributed by atoms with van der Waals surface area (Å²) >= 11 is 0. The van der Waals surface area contributed by atoms with Crippen molar-refractivity contribution in [2.24, 2.45) is 5.92 Å². The van der Waals surface area contributed by atoms with E-state index in [0.29, 0.717) is 18.1 Å². The highest BCUT2D eigenvalue weighted by Crippen LogP contribution is 2.44. The molecule has 0 radical (unpaired) electrons. The Bertz CT molecular complexity index is 1480. The number of methoxy groups -OCH3 is 2. The van der Waals surface area contributed by atoms with Gasteiger partial charge >= 0.3 is 6.09 Å². The Morgan fingerprint density at radius 2 is 1.52 bits per heavy atom. The predicted octanol–water partition coefficient (Wildman–Crippen LogP) is 7.92. The zero-order valence-electron chi connectivity index (χ0n) is 24.3. The van der Waals surface area contributed by atoms with Crippen LogP contribution < -0.4 is 19.5 Å². The number of hydrogen-bond donors (Lipinski definition) is 1. The number of fused-ring (bicyclic) bond motifs is 3. The van der Waals surface area contributed by atoms with Crippen LogP contribution in [0.5, 0.6) is 17.2 Å². The van der Waals surface area contributed by atoms with Gasteiger partial charge in [0, 0.05) is 23.5 Å². The molecule has 0 saturated carbocycles. The molecule has 4 aromatic carbocycles. The standard InChI is InChI=1S/C36H37NO5/c1-5-24(6-2)22-41-26-17-15-25(16-18-26)35(32-20-19-27(39-3)21-34(32)40-4)37-36(38)42-23-33-30-13-9-7-11-28(30)29-12-8-10-14-31(29)33/h5,7-21,24,33,35H,1,6,22-23H2,2-4H3,(H,37,38)/t24-,35?/m0/s1. The molecule has 0 heterocycles. The highest BCUT2D eigenvalue weighted by atomic mass is 16.5. The van der Waals surface area contributed by atoms with E-state index in [1.165, 1.54) is 11.1 Å². The van der Waals surface area contributed by atoms with E-state index in [0.717, 1.165) is 34.4 Å². The van der Waals surface area contributed by atoms with Gasteiger partial charge in [-0.15, -0.1) is 6.58 Å². The van der Waals surface area contributed by atoms with E-state index in [4.69, 9.17) is 18.9 Å². The van der Waals surface area contributed by atoms with Gasteiger partial charge in [0.2, 0.25) is 0 Å². The molecule has 5 rings (SSSR count). The number of hydrogen-bond acceptors (Lipinski definition) is 5. The van der Waals surface area contributed by atoms with E-state index in [2.05, 4.69) is 43.1 Å². The predicted molar refractivity (Wildman–Crippen MR) is 166 cm³/mol. The smallest absolute Gasteiger partial charge is 0.407 e. The first-order valence-electron chi connectivity index (χ1n) is 14.2. The molecule has 42 heavy (non-hydrogen) atoms. The van der Waals surface area contributed by atoms with Crippen LogP contribution in [0.4, 0.5) is 4.79 Å². The molecule has 0 aromatic heterocycles. The maximum Gasteiger partial charge on any atom is 0.407 e. The third-order valence-corrected chi connectivity index (χ3v) is 7.89. The summed E-state index contributed by atoms with van der Waals surface area (Å²) in [5.74, 6) is 2.26. The van der Waals surface area contributed by atoms with E-state index in [-0.39, 0.29) is 18.4 Å². The van der Waals surface area contributed by atoms with Crippen molar-refractivity contribution in [3.63, 3.8) is 0 Å². The monoisotopic (exact) mass is 563 g/mol. The fourth-order valence-corrected chi connectivity index (χ4v) is 5.47. The Labute approximate surface area is 247 Å². The van der Waals surface area contributed by atoms with Crippen LogP contribution in [0, 0.1) is 5.92 Å². The third-order valence-electron chi connectivity index (χ3n) is 7.89. The molecule has 0 saturated heterocycles. The minimum Gasteiger partial charge on any atom is -0.497 e. The third kappa shape index (κ3) is 6.13. The van der Waals surface area contributed by atoms with Gasteiger partial charge in [0.1, 0.15) is 23.9 Å². The van der Waals surface area contributed by atoms with Crippen LogP contribution in [0.15, 0.2) is 104 Å². The second kappa shape index (κ2) is 13.3. The normalized spacial score (nSPS) is 13.3. The molecule has 1 N–H and O–H groups in total. The number of carbonyl (C=O) groups is 1. The van der Waals surface area contributed by atoms with Crippen LogP contribution in [0.1, 0.15) is 47.6 Å². The summed E-state index contributed by atoms with van der Waals surface area (Å²) in [6, 6.07) is 29.3. The van der Waals surface area contributed by atoms with Crippen molar-refractivity contribution in [2.45, 2.75) is 25.3 Å². The van der Waals surface area contributed by atoms with Crippen LogP contribution in [-0.2, 0) is 4.74 Å². The Morgan fingerprint density at radius 1 is 0.881 bits per heavy atom. The number of rotatable bonds is 12. The molecule has 1 unspecified atom stereocenters. The van der Waals surface area contributed by atoms with E-state index in [1.54, 1.807) is 20.3 Å². The van der Waals surface area contributed by atoms with Crippen LogP contribution >= 0.6 is 0 Å². The SMILES string of the molecule is C=C[C@@H](CC)COc1ccc(C(NC(=O)OCC2c3ccccc3-c3ccccc32)c2ccc(OC)cc2OC)cc1. The molecule has 6 heteroatoms. The lowest BCUT2D eigenvalue weighted by Gasteiger charge is -2.23. The Kier molecular flexibility index (Phi) is 9.12. The lowest BCUT2D eigenvalue weighted by atomic mass is 9.97. The van der Waals surface area contributed by atoms with E-state index in [9.17, 15) is 4.79 Å². The minimum atomic E-state index is -0.535. The average molecular weight is 564 g/mol. The second-order valence-corrected chi connectivity index (χ2v) is 10.3. The van der Waals surface area contributed by atoms with Crippen LogP contribution in [-0.4, -0.2) is 33.5 Å². The molecule has 0 fully saturated rings. The zero-order chi connectivity index (χ0) is 29.5. The summed E-state index contributed by atoms with van der Waals surface area (Å²) in [5, 5.41) is 3.09. The first kappa shape index (κ1) is 28.8. The highest BCUT2D eigenvalue weighted by molar-refractivity contribution is 5.79. The molecule has 0 aliphatic heterocycles. The van der Waals surface area contributed by atoms with Gasteiger partial charge < -0.3 is 24.3 Å². The molecular weight excluding hydrogens is 526 g/mol. The van der Waals surface area contributed by atoms with Crippen LogP contribution in [0.2, 0.25) is 0 Å². The van der Waals surface area contributed by atoms with Gasteiger partial charge in [-0.2, -0.15) is 0 Å². The molecule has 0 spiro atoms. The lowest BCUT2D eigenvalue weighted by Crippen LogP contribution is -2.31. The number of ether oxygens (including phenoxy) is 4.